The van der Waals surface area contributed by atoms with Crippen molar-refractivity contribution in [1.82, 2.24) is 9.88 Å². The minimum absolute atomic E-state index is 0.416. The van der Waals surface area contributed by atoms with Crippen molar-refractivity contribution in [2.45, 2.75) is 12.5 Å². The zero-order valence-electron chi connectivity index (χ0n) is 12.9. The van der Waals surface area contributed by atoms with Crippen molar-refractivity contribution in [2.24, 2.45) is 0 Å². The lowest BCUT2D eigenvalue weighted by molar-refractivity contribution is 0.295. The molecule has 1 aromatic carbocycles. The molecule has 3 rings (SSSR count). The topological polar surface area (TPSA) is 16.1 Å². The minimum Gasteiger partial charge on any atom is -0.301 e. The second kappa shape index (κ2) is 7.92. The van der Waals surface area contributed by atoms with Gasteiger partial charge in [-0.3, -0.25) is 4.98 Å². The zero-order valence-corrected chi connectivity index (χ0v) is 13.6. The Hall–Kier alpha value is -1.90. The predicted molar refractivity (Wildman–Crippen MR) is 94.3 cm³/mol. The van der Waals surface area contributed by atoms with E-state index in [1.165, 1.54) is 16.7 Å². The van der Waals surface area contributed by atoms with Crippen molar-refractivity contribution in [3.05, 3.63) is 89.7 Å². The fraction of sp³-hybridized carbons (Fsp3) is 0.211. The van der Waals surface area contributed by atoms with E-state index in [0.717, 1.165) is 18.1 Å². The van der Waals surface area contributed by atoms with Crippen LogP contribution in [0.25, 0.3) is 0 Å². The molecule has 0 saturated carbocycles. The van der Waals surface area contributed by atoms with Gasteiger partial charge in [-0.25, -0.2) is 0 Å². The predicted octanol–water partition coefficient (Wildman–Crippen LogP) is 4.67. The van der Waals surface area contributed by atoms with Crippen molar-refractivity contribution < 1.29 is 0 Å². The summed E-state index contributed by atoms with van der Waals surface area (Å²) >= 11 is 6.09. The molecule has 22 heavy (non-hydrogen) atoms. The van der Waals surface area contributed by atoms with Crippen LogP contribution in [-0.2, 0) is 6.54 Å². The van der Waals surface area contributed by atoms with Crippen LogP contribution in [0.3, 0.4) is 0 Å². The molecule has 0 saturated heterocycles. The molecule has 114 valence electrons. The highest BCUT2D eigenvalue weighted by Gasteiger charge is 2.24. The Bertz CT molecular complexity index is 631. The van der Waals surface area contributed by atoms with Gasteiger partial charge in [-0.1, -0.05) is 43.0 Å². The van der Waals surface area contributed by atoms with Gasteiger partial charge in [-0.15, -0.1) is 0 Å². The highest BCUT2D eigenvalue weighted by molar-refractivity contribution is 6.30. The largest absolute Gasteiger partial charge is 0.301 e. The first-order valence-electron chi connectivity index (χ1n) is 7.26. The van der Waals surface area contributed by atoms with Crippen LogP contribution >= 0.6 is 11.6 Å². The average molecular weight is 313 g/mol. The number of hydrogen-bond acceptors (Lipinski definition) is 2. The normalized spacial score (nSPS) is 16.9. The maximum absolute atomic E-state index is 6.09. The molecule has 1 aliphatic rings. The molecular formula is C19H21ClN2. The van der Waals surface area contributed by atoms with E-state index in [0.29, 0.717) is 5.92 Å². The van der Waals surface area contributed by atoms with Crippen molar-refractivity contribution in [3.63, 3.8) is 0 Å². The molecular weight excluding hydrogens is 292 g/mol. The highest BCUT2D eigenvalue weighted by Crippen LogP contribution is 2.33. The second-order valence-electron chi connectivity index (χ2n) is 5.34. The lowest BCUT2D eigenvalue weighted by atomic mass is 9.85. The van der Waals surface area contributed by atoms with E-state index in [-0.39, 0.29) is 0 Å². The maximum atomic E-state index is 6.09. The van der Waals surface area contributed by atoms with E-state index in [1.807, 2.05) is 18.5 Å². The lowest BCUT2D eigenvalue weighted by Gasteiger charge is -2.32. The van der Waals surface area contributed by atoms with Crippen LogP contribution in [0.15, 0.2) is 68.0 Å². The van der Waals surface area contributed by atoms with Gasteiger partial charge in [-0.05, 0) is 48.0 Å². The number of fused-ring (bicyclic) bond motifs is 1. The van der Waals surface area contributed by atoms with E-state index in [9.17, 15) is 0 Å². The van der Waals surface area contributed by atoms with E-state index < -0.39 is 0 Å². The summed E-state index contributed by atoms with van der Waals surface area (Å²) in [6, 6.07) is 10.4. The summed E-state index contributed by atoms with van der Waals surface area (Å²) in [7, 11) is 2.15. The van der Waals surface area contributed by atoms with Crippen molar-refractivity contribution in [2.75, 3.05) is 13.6 Å². The molecule has 3 heteroatoms. The standard InChI is InChI=1S/C15H15ClN2.C4H6/c1-18-9-12-8-13(16)2-3-14(12)15(10-18)11-4-6-17-7-5-11;1-3-4-2/h2-8,15H,9-10H2,1H3;3-4H,1-2H2. The Morgan fingerprint density at radius 2 is 1.86 bits per heavy atom. The minimum atomic E-state index is 0.416. The molecule has 2 nitrogen and oxygen atoms in total. The molecule has 0 amide bonds. The number of nitrogens with zero attached hydrogens (tertiary/aromatic N) is 2. The van der Waals surface area contributed by atoms with Gasteiger partial charge in [0.15, 0.2) is 0 Å². The summed E-state index contributed by atoms with van der Waals surface area (Å²) in [6.45, 7) is 8.73. The first-order valence-corrected chi connectivity index (χ1v) is 7.63. The molecule has 2 aromatic rings. The van der Waals surface area contributed by atoms with E-state index in [1.54, 1.807) is 12.2 Å². The molecule has 0 fully saturated rings. The molecule has 0 bridgehead atoms. The Morgan fingerprint density at radius 3 is 2.50 bits per heavy atom. The monoisotopic (exact) mass is 312 g/mol. The SMILES string of the molecule is C=CC=C.CN1Cc2cc(Cl)ccc2C(c2ccncc2)C1. The quantitative estimate of drug-likeness (QED) is 0.749. The van der Waals surface area contributed by atoms with Crippen molar-refractivity contribution in [3.8, 4) is 0 Å². The molecule has 1 aliphatic heterocycles. The van der Waals surface area contributed by atoms with Crippen LogP contribution in [0.1, 0.15) is 22.6 Å². The average Bonchev–Trinajstić information content (AvgIpc) is 2.54. The van der Waals surface area contributed by atoms with Gasteiger partial charge in [0.25, 0.3) is 0 Å². The summed E-state index contributed by atoms with van der Waals surface area (Å²) in [6.07, 6.45) is 7.00. The molecule has 1 unspecified atom stereocenters. The first kappa shape index (κ1) is 16.5. The number of halogens is 1. The molecule has 0 spiro atoms. The number of rotatable bonds is 2. The number of aromatic nitrogens is 1. The van der Waals surface area contributed by atoms with Crippen LogP contribution in [0, 0.1) is 0 Å². The van der Waals surface area contributed by atoms with E-state index in [2.05, 4.69) is 54.4 Å². The number of likely N-dealkylation sites (N-methyl/N-ethyl adjacent to an activating group) is 1. The third-order valence-corrected chi connectivity index (χ3v) is 3.93. The number of benzene rings is 1. The zero-order chi connectivity index (χ0) is 15.9. The first-order chi connectivity index (χ1) is 10.7. The Morgan fingerprint density at radius 1 is 1.18 bits per heavy atom. The Kier molecular flexibility index (Phi) is 5.93. The maximum Gasteiger partial charge on any atom is 0.0409 e. The number of pyridine rings is 1. The van der Waals surface area contributed by atoms with E-state index >= 15 is 0 Å². The van der Waals surface area contributed by atoms with E-state index in [4.69, 9.17) is 11.6 Å². The summed E-state index contributed by atoms with van der Waals surface area (Å²) in [4.78, 5) is 6.43. The smallest absolute Gasteiger partial charge is 0.0409 e. The summed E-state index contributed by atoms with van der Waals surface area (Å²) in [5, 5.41) is 0.817. The lowest BCUT2D eigenvalue weighted by Crippen LogP contribution is -2.30. The summed E-state index contributed by atoms with van der Waals surface area (Å²) < 4.78 is 0. The summed E-state index contributed by atoms with van der Waals surface area (Å²) in [5.41, 5.74) is 4.04. The van der Waals surface area contributed by atoms with Gasteiger partial charge in [-0.2, -0.15) is 0 Å². The van der Waals surface area contributed by atoms with Crippen LogP contribution in [0.2, 0.25) is 5.02 Å². The number of hydrogen-bond donors (Lipinski definition) is 0. The van der Waals surface area contributed by atoms with Crippen LogP contribution < -0.4 is 0 Å². The third-order valence-electron chi connectivity index (χ3n) is 3.69. The van der Waals surface area contributed by atoms with Crippen LogP contribution in [0.4, 0.5) is 0 Å². The van der Waals surface area contributed by atoms with Gasteiger partial charge >= 0.3 is 0 Å². The van der Waals surface area contributed by atoms with Gasteiger partial charge in [0.1, 0.15) is 0 Å². The van der Waals surface area contributed by atoms with Gasteiger partial charge < -0.3 is 4.90 Å². The molecule has 0 radical (unpaired) electrons. The molecule has 1 atom stereocenters. The Balaban J connectivity index is 0.000000396. The Labute approximate surface area is 137 Å². The molecule has 0 aliphatic carbocycles. The third kappa shape index (κ3) is 4.06. The molecule has 2 heterocycles. The van der Waals surface area contributed by atoms with Gasteiger partial charge in [0, 0.05) is 36.4 Å². The second-order valence-corrected chi connectivity index (χ2v) is 5.78. The van der Waals surface area contributed by atoms with Crippen LogP contribution in [-0.4, -0.2) is 23.5 Å². The fourth-order valence-electron chi connectivity index (χ4n) is 2.70. The summed E-state index contributed by atoms with van der Waals surface area (Å²) in [5.74, 6) is 0.416. The van der Waals surface area contributed by atoms with Gasteiger partial charge in [0.05, 0.1) is 0 Å². The van der Waals surface area contributed by atoms with Crippen molar-refractivity contribution >= 4 is 11.6 Å². The van der Waals surface area contributed by atoms with Crippen LogP contribution in [0.5, 0.6) is 0 Å². The number of allylic oxidation sites excluding steroid dienone is 2. The highest BCUT2D eigenvalue weighted by atomic mass is 35.5. The molecule has 1 aromatic heterocycles. The fourth-order valence-corrected chi connectivity index (χ4v) is 2.89. The molecule has 0 N–H and O–H groups in total. The van der Waals surface area contributed by atoms with Crippen molar-refractivity contribution in [1.29, 1.82) is 0 Å². The van der Waals surface area contributed by atoms with Gasteiger partial charge in [0.2, 0.25) is 0 Å².